The molecule has 25 heavy (non-hydrogen) atoms. The van der Waals surface area contributed by atoms with E-state index in [1.807, 2.05) is 36.1 Å². The average Bonchev–Trinajstić information content (AvgIpc) is 3.45. The number of rotatable bonds is 3. The Kier molecular flexibility index (Phi) is 4.42. The third kappa shape index (κ3) is 3.38. The first-order valence-electron chi connectivity index (χ1n) is 9.18. The van der Waals surface area contributed by atoms with E-state index in [9.17, 15) is 4.79 Å². The van der Waals surface area contributed by atoms with E-state index in [4.69, 9.17) is 22.3 Å². The van der Waals surface area contributed by atoms with Crippen LogP contribution in [0.1, 0.15) is 54.6 Å². The average molecular weight is 358 g/mol. The summed E-state index contributed by atoms with van der Waals surface area (Å²) in [5, 5.41) is 1.49. The van der Waals surface area contributed by atoms with Gasteiger partial charge in [0.05, 0.1) is 11.1 Å². The normalized spacial score (nSPS) is 22.2. The third-order valence-electron chi connectivity index (χ3n) is 5.51. The first-order valence-corrected chi connectivity index (χ1v) is 9.56. The molecule has 1 saturated carbocycles. The van der Waals surface area contributed by atoms with Crippen LogP contribution >= 0.6 is 11.6 Å². The number of fused-ring (bicyclic) bond motifs is 1. The molecular weight excluding hydrogens is 334 g/mol. The highest BCUT2D eigenvalue weighted by Gasteiger charge is 2.30. The van der Waals surface area contributed by atoms with Crippen molar-refractivity contribution in [3.8, 4) is 0 Å². The van der Waals surface area contributed by atoms with Gasteiger partial charge in [0.25, 0.3) is 5.91 Å². The Morgan fingerprint density at radius 3 is 2.84 bits per heavy atom. The third-order valence-corrected chi connectivity index (χ3v) is 5.74. The molecule has 1 aromatic carbocycles. The molecule has 0 bridgehead atoms. The smallest absolute Gasteiger partial charge is 0.254 e. The molecule has 2 aromatic rings. The standard InChI is InChI=1S/C20H24ClN3O/c1-12(22)14-3-2-8-24(11-14)20(25)17-10-19(13-4-5-13)23-18-7-6-15(21)9-16(17)18/h6-7,9-10,12-14H,2-5,8,11,22H2,1H3. The van der Waals surface area contributed by atoms with Gasteiger partial charge in [-0.3, -0.25) is 9.78 Å². The van der Waals surface area contributed by atoms with Gasteiger partial charge in [0.2, 0.25) is 0 Å². The van der Waals surface area contributed by atoms with Gasteiger partial charge in [-0.2, -0.15) is 0 Å². The Hall–Kier alpha value is -1.65. The fraction of sp³-hybridized carbons (Fsp3) is 0.500. The molecule has 2 aliphatic rings. The number of amides is 1. The minimum Gasteiger partial charge on any atom is -0.338 e. The molecule has 132 valence electrons. The minimum absolute atomic E-state index is 0.0851. The highest BCUT2D eigenvalue weighted by atomic mass is 35.5. The predicted octanol–water partition coefficient (Wildman–Crippen LogP) is 3.97. The van der Waals surface area contributed by atoms with Gasteiger partial charge in [0, 0.05) is 41.2 Å². The van der Waals surface area contributed by atoms with E-state index in [-0.39, 0.29) is 11.9 Å². The molecule has 0 spiro atoms. The number of aromatic nitrogens is 1. The second kappa shape index (κ2) is 6.58. The fourth-order valence-corrected chi connectivity index (χ4v) is 3.95. The number of carbonyl (C=O) groups excluding carboxylic acids is 1. The monoisotopic (exact) mass is 357 g/mol. The zero-order valence-corrected chi connectivity index (χ0v) is 15.3. The SMILES string of the molecule is CC(N)C1CCCN(C(=O)c2cc(C3CC3)nc3ccc(Cl)cc23)C1. The van der Waals surface area contributed by atoms with E-state index in [2.05, 4.69) is 0 Å². The van der Waals surface area contributed by atoms with E-state index < -0.39 is 0 Å². The maximum atomic E-state index is 13.3. The van der Waals surface area contributed by atoms with E-state index in [1.165, 1.54) is 0 Å². The molecule has 5 heteroatoms. The topological polar surface area (TPSA) is 59.2 Å². The van der Waals surface area contributed by atoms with Gasteiger partial charge < -0.3 is 10.6 Å². The number of piperidine rings is 1. The van der Waals surface area contributed by atoms with Crippen molar-refractivity contribution in [2.75, 3.05) is 13.1 Å². The summed E-state index contributed by atoms with van der Waals surface area (Å²) in [5.41, 5.74) is 8.72. The van der Waals surface area contributed by atoms with Gasteiger partial charge in [0.1, 0.15) is 0 Å². The molecule has 2 heterocycles. The van der Waals surface area contributed by atoms with Crippen molar-refractivity contribution < 1.29 is 4.79 Å². The van der Waals surface area contributed by atoms with Gasteiger partial charge in [-0.1, -0.05) is 11.6 Å². The number of halogens is 1. The summed E-state index contributed by atoms with van der Waals surface area (Å²) >= 11 is 6.19. The van der Waals surface area contributed by atoms with Crippen molar-refractivity contribution >= 4 is 28.4 Å². The number of benzene rings is 1. The van der Waals surface area contributed by atoms with E-state index >= 15 is 0 Å². The van der Waals surface area contributed by atoms with Crippen LogP contribution in [-0.4, -0.2) is 34.9 Å². The Morgan fingerprint density at radius 1 is 1.32 bits per heavy atom. The molecule has 0 radical (unpaired) electrons. The van der Waals surface area contributed by atoms with Crippen molar-refractivity contribution in [3.63, 3.8) is 0 Å². The number of likely N-dealkylation sites (tertiary alicyclic amines) is 1. The van der Waals surface area contributed by atoms with Crippen LogP contribution in [0, 0.1) is 5.92 Å². The zero-order valence-electron chi connectivity index (χ0n) is 14.5. The van der Waals surface area contributed by atoms with Gasteiger partial charge in [-0.05, 0) is 62.8 Å². The van der Waals surface area contributed by atoms with E-state index in [0.29, 0.717) is 16.9 Å². The van der Waals surface area contributed by atoms with Crippen molar-refractivity contribution in [3.05, 3.63) is 40.5 Å². The number of hydrogen-bond acceptors (Lipinski definition) is 3. The second-order valence-corrected chi connectivity index (χ2v) is 7.98. The molecule has 4 rings (SSSR count). The largest absolute Gasteiger partial charge is 0.338 e. The van der Waals surface area contributed by atoms with Crippen LogP contribution in [0.4, 0.5) is 0 Å². The molecular formula is C20H24ClN3O. The van der Waals surface area contributed by atoms with Gasteiger partial charge in [-0.25, -0.2) is 0 Å². The van der Waals surface area contributed by atoms with E-state index in [1.54, 1.807) is 0 Å². The number of pyridine rings is 1. The lowest BCUT2D eigenvalue weighted by atomic mass is 9.91. The minimum atomic E-state index is 0.0851. The lowest BCUT2D eigenvalue weighted by molar-refractivity contribution is 0.0663. The molecule has 2 unspecified atom stereocenters. The zero-order chi connectivity index (χ0) is 17.6. The van der Waals surface area contributed by atoms with Gasteiger partial charge >= 0.3 is 0 Å². The van der Waals surface area contributed by atoms with Crippen molar-refractivity contribution in [1.29, 1.82) is 0 Å². The maximum Gasteiger partial charge on any atom is 0.254 e. The molecule has 1 aliphatic carbocycles. The molecule has 2 atom stereocenters. The number of nitrogens with zero attached hydrogens (tertiary/aromatic N) is 2. The lowest BCUT2D eigenvalue weighted by Crippen LogP contribution is -2.45. The van der Waals surface area contributed by atoms with Crippen LogP contribution in [0.15, 0.2) is 24.3 Å². The Balaban J connectivity index is 1.73. The first-order chi connectivity index (χ1) is 12.0. The van der Waals surface area contributed by atoms with Crippen LogP contribution < -0.4 is 5.73 Å². The highest BCUT2D eigenvalue weighted by molar-refractivity contribution is 6.31. The molecule has 1 aromatic heterocycles. The predicted molar refractivity (Wildman–Crippen MR) is 101 cm³/mol. The van der Waals surface area contributed by atoms with Crippen LogP contribution in [0.25, 0.3) is 10.9 Å². The molecule has 1 amide bonds. The Bertz CT molecular complexity index is 816. The van der Waals surface area contributed by atoms with Gasteiger partial charge in [-0.15, -0.1) is 0 Å². The van der Waals surface area contributed by atoms with Crippen LogP contribution in [-0.2, 0) is 0 Å². The summed E-state index contributed by atoms with van der Waals surface area (Å²) in [7, 11) is 0. The molecule has 2 fully saturated rings. The Labute approximate surface area is 153 Å². The summed E-state index contributed by atoms with van der Waals surface area (Å²) in [6, 6.07) is 7.73. The number of carbonyl (C=O) groups is 1. The summed E-state index contributed by atoms with van der Waals surface area (Å²) in [6.45, 7) is 3.57. The molecule has 2 N–H and O–H groups in total. The maximum absolute atomic E-state index is 13.3. The molecule has 1 aliphatic heterocycles. The van der Waals surface area contributed by atoms with Crippen LogP contribution in [0.2, 0.25) is 5.02 Å². The van der Waals surface area contributed by atoms with Crippen molar-refractivity contribution in [2.45, 2.75) is 44.6 Å². The second-order valence-electron chi connectivity index (χ2n) is 7.54. The van der Waals surface area contributed by atoms with E-state index in [0.717, 1.165) is 60.9 Å². The summed E-state index contributed by atoms with van der Waals surface area (Å²) in [4.78, 5) is 20.0. The lowest BCUT2D eigenvalue weighted by Gasteiger charge is -2.35. The first kappa shape index (κ1) is 16.8. The highest BCUT2D eigenvalue weighted by Crippen LogP contribution is 2.40. The van der Waals surface area contributed by atoms with Crippen LogP contribution in [0.3, 0.4) is 0 Å². The number of hydrogen-bond donors (Lipinski definition) is 1. The Morgan fingerprint density at radius 2 is 2.12 bits per heavy atom. The van der Waals surface area contributed by atoms with Gasteiger partial charge in [0.15, 0.2) is 0 Å². The quantitative estimate of drug-likeness (QED) is 0.904. The van der Waals surface area contributed by atoms with Crippen molar-refractivity contribution in [1.82, 2.24) is 9.88 Å². The van der Waals surface area contributed by atoms with Crippen LogP contribution in [0.5, 0.6) is 0 Å². The fourth-order valence-electron chi connectivity index (χ4n) is 3.78. The summed E-state index contributed by atoms with van der Waals surface area (Å²) < 4.78 is 0. The summed E-state index contributed by atoms with van der Waals surface area (Å²) in [5.74, 6) is 0.962. The van der Waals surface area contributed by atoms with Crippen molar-refractivity contribution in [2.24, 2.45) is 11.7 Å². The number of nitrogens with two attached hydrogens (primary N) is 1. The molecule has 1 saturated heterocycles. The summed E-state index contributed by atoms with van der Waals surface area (Å²) in [6.07, 6.45) is 4.43. The molecule has 4 nitrogen and oxygen atoms in total.